The molecule has 6 rings (SSSR count). The molecule has 0 fully saturated rings. The highest BCUT2D eigenvalue weighted by Crippen LogP contribution is 2.16. The maximum atomic E-state index is 11.5. The molecule has 1 aromatic carbocycles. The number of amides is 1. The molecule has 96 valence electrons. The zero-order valence-corrected chi connectivity index (χ0v) is 10.7. The third-order valence-corrected chi connectivity index (χ3v) is 3.65. The molecule has 0 radical (unpaired) electrons. The number of hydrogen-bond donors (Lipinski definition) is 1. The zero-order valence-electron chi connectivity index (χ0n) is 10.7. The van der Waals surface area contributed by atoms with Crippen LogP contribution in [0.2, 0.25) is 0 Å². The highest BCUT2D eigenvalue weighted by atomic mass is 16.1. The second-order valence-corrected chi connectivity index (χ2v) is 4.99. The highest BCUT2D eigenvalue weighted by molar-refractivity contribution is 5.92. The van der Waals surface area contributed by atoms with Crippen molar-refractivity contribution in [1.29, 1.82) is 0 Å². The summed E-state index contributed by atoms with van der Waals surface area (Å²) in [6.07, 6.45) is 3.47. The van der Waals surface area contributed by atoms with E-state index in [2.05, 4.69) is 29.2 Å². The van der Waals surface area contributed by atoms with E-state index < -0.39 is 5.91 Å². The highest BCUT2D eigenvalue weighted by Gasteiger charge is 2.12. The maximum Gasteiger partial charge on any atom is 0.267 e. The van der Waals surface area contributed by atoms with Crippen LogP contribution in [0.15, 0.2) is 36.4 Å². The van der Waals surface area contributed by atoms with Crippen LogP contribution < -0.4 is 5.73 Å². The standard InChI is InChI=1S/C16H16N2O/c17-16(19)15-13-7-5-11-1-3-12(4-2-11)6-9-14(18-15)10-8-13/h1-4,8,10H,5-7,9H2,(H2,17,19). The molecule has 2 aromatic rings. The minimum Gasteiger partial charge on any atom is -0.364 e. The summed E-state index contributed by atoms with van der Waals surface area (Å²) in [5, 5.41) is 0. The SMILES string of the molecule is NC(=O)c1nc2ccc1CCc1ccc(cc1)CC2. The van der Waals surface area contributed by atoms with Crippen LogP contribution in [-0.4, -0.2) is 10.9 Å². The number of benzene rings is 1. The summed E-state index contributed by atoms with van der Waals surface area (Å²) >= 11 is 0. The summed E-state index contributed by atoms with van der Waals surface area (Å²) in [4.78, 5) is 15.9. The summed E-state index contributed by atoms with van der Waals surface area (Å²) in [5.41, 5.74) is 10.3. The quantitative estimate of drug-likeness (QED) is 0.844. The normalized spacial score (nSPS) is 13.9. The number of aryl methyl sites for hydroxylation is 4. The molecule has 0 saturated carbocycles. The van der Waals surface area contributed by atoms with E-state index in [-0.39, 0.29) is 0 Å². The van der Waals surface area contributed by atoms with Gasteiger partial charge in [-0.25, -0.2) is 4.98 Å². The number of primary amides is 1. The lowest BCUT2D eigenvalue weighted by Gasteiger charge is -2.11. The largest absolute Gasteiger partial charge is 0.364 e. The van der Waals surface area contributed by atoms with E-state index in [4.69, 9.17) is 5.73 Å². The monoisotopic (exact) mass is 252 g/mol. The van der Waals surface area contributed by atoms with Gasteiger partial charge in [-0.15, -0.1) is 0 Å². The van der Waals surface area contributed by atoms with Crippen molar-refractivity contribution in [2.45, 2.75) is 25.7 Å². The summed E-state index contributed by atoms with van der Waals surface area (Å²) in [5.74, 6) is -0.428. The van der Waals surface area contributed by atoms with Crippen molar-refractivity contribution in [3.63, 3.8) is 0 Å². The number of hydrogen-bond acceptors (Lipinski definition) is 2. The lowest BCUT2D eigenvalue weighted by Crippen LogP contribution is -2.17. The Hall–Kier alpha value is -2.16. The van der Waals surface area contributed by atoms with Gasteiger partial charge in [0.2, 0.25) is 0 Å². The summed E-state index contributed by atoms with van der Waals surface area (Å²) in [6.45, 7) is 0. The number of carbonyl (C=O) groups is 1. The minimum atomic E-state index is -0.428. The van der Waals surface area contributed by atoms with Crippen molar-refractivity contribution in [1.82, 2.24) is 4.98 Å². The number of nitrogens with two attached hydrogens (primary N) is 1. The van der Waals surface area contributed by atoms with E-state index in [1.54, 1.807) is 0 Å². The predicted octanol–water partition coefficient (Wildman–Crippen LogP) is 2.06. The number of rotatable bonds is 1. The summed E-state index contributed by atoms with van der Waals surface area (Å²) in [7, 11) is 0. The van der Waals surface area contributed by atoms with Crippen LogP contribution in [0.3, 0.4) is 0 Å². The Balaban J connectivity index is 2.03. The smallest absolute Gasteiger partial charge is 0.267 e. The van der Waals surface area contributed by atoms with Gasteiger partial charge in [0, 0.05) is 5.69 Å². The van der Waals surface area contributed by atoms with E-state index in [0.29, 0.717) is 5.69 Å². The van der Waals surface area contributed by atoms with Gasteiger partial charge in [-0.2, -0.15) is 0 Å². The lowest BCUT2D eigenvalue weighted by molar-refractivity contribution is 0.0994. The number of carbonyl (C=O) groups excluding carboxylic acids is 1. The van der Waals surface area contributed by atoms with Gasteiger partial charge in [0.1, 0.15) is 5.69 Å². The fraction of sp³-hybridized carbons (Fsp3) is 0.250. The van der Waals surface area contributed by atoms with E-state index in [9.17, 15) is 4.79 Å². The van der Waals surface area contributed by atoms with Gasteiger partial charge < -0.3 is 5.73 Å². The third kappa shape index (κ3) is 2.50. The van der Waals surface area contributed by atoms with Crippen LogP contribution in [0.4, 0.5) is 0 Å². The molecule has 19 heavy (non-hydrogen) atoms. The second-order valence-electron chi connectivity index (χ2n) is 4.99. The van der Waals surface area contributed by atoms with Crippen molar-refractivity contribution in [2.75, 3.05) is 0 Å². The Labute approximate surface area is 112 Å². The molecule has 3 heteroatoms. The molecule has 4 bridgehead atoms. The van der Waals surface area contributed by atoms with E-state index >= 15 is 0 Å². The Morgan fingerprint density at radius 1 is 0.895 bits per heavy atom. The molecule has 2 aliphatic carbocycles. The summed E-state index contributed by atoms with van der Waals surface area (Å²) < 4.78 is 0. The van der Waals surface area contributed by atoms with Crippen molar-refractivity contribution >= 4 is 5.91 Å². The number of pyridine rings is 1. The Morgan fingerprint density at radius 3 is 2.16 bits per heavy atom. The van der Waals surface area contributed by atoms with Gasteiger partial charge in [-0.05, 0) is 48.4 Å². The lowest BCUT2D eigenvalue weighted by atomic mass is 9.98. The fourth-order valence-corrected chi connectivity index (χ4v) is 2.51. The van der Waals surface area contributed by atoms with Crippen molar-refractivity contribution in [3.8, 4) is 0 Å². The fourth-order valence-electron chi connectivity index (χ4n) is 2.51. The zero-order chi connectivity index (χ0) is 13.2. The molecular weight excluding hydrogens is 236 g/mol. The Morgan fingerprint density at radius 2 is 1.53 bits per heavy atom. The minimum absolute atomic E-state index is 0.428. The van der Waals surface area contributed by atoms with Crippen LogP contribution in [0.1, 0.15) is 32.9 Å². The topological polar surface area (TPSA) is 56.0 Å². The first kappa shape index (κ1) is 11.9. The average molecular weight is 252 g/mol. The van der Waals surface area contributed by atoms with Gasteiger partial charge in [0.25, 0.3) is 5.91 Å². The average Bonchev–Trinajstić information content (AvgIpc) is 2.41. The van der Waals surface area contributed by atoms with Gasteiger partial charge >= 0.3 is 0 Å². The molecular formula is C16H16N2O. The predicted molar refractivity (Wildman–Crippen MR) is 74.0 cm³/mol. The van der Waals surface area contributed by atoms with E-state index in [1.165, 1.54) is 11.1 Å². The van der Waals surface area contributed by atoms with Crippen LogP contribution in [0.5, 0.6) is 0 Å². The van der Waals surface area contributed by atoms with E-state index in [1.807, 2.05) is 12.1 Å². The van der Waals surface area contributed by atoms with Gasteiger partial charge in [0.15, 0.2) is 0 Å². The third-order valence-electron chi connectivity index (χ3n) is 3.65. The molecule has 4 aliphatic rings. The molecule has 2 aliphatic heterocycles. The van der Waals surface area contributed by atoms with Gasteiger partial charge in [0.05, 0.1) is 0 Å². The Bertz CT molecular complexity index is 617. The molecule has 1 amide bonds. The first-order chi connectivity index (χ1) is 9.22. The van der Waals surface area contributed by atoms with E-state index in [0.717, 1.165) is 36.9 Å². The molecule has 0 atom stereocenters. The molecule has 0 spiro atoms. The molecule has 3 heterocycles. The van der Waals surface area contributed by atoms with Crippen molar-refractivity contribution in [3.05, 3.63) is 64.5 Å². The first-order valence-electron chi connectivity index (χ1n) is 6.59. The molecule has 3 nitrogen and oxygen atoms in total. The van der Waals surface area contributed by atoms with Crippen molar-refractivity contribution in [2.24, 2.45) is 5.73 Å². The molecule has 0 saturated heterocycles. The van der Waals surface area contributed by atoms with Crippen molar-refractivity contribution < 1.29 is 4.79 Å². The van der Waals surface area contributed by atoms with Gasteiger partial charge in [-0.3, -0.25) is 4.79 Å². The number of aromatic nitrogens is 1. The van der Waals surface area contributed by atoms with Crippen LogP contribution >= 0.6 is 0 Å². The van der Waals surface area contributed by atoms with Gasteiger partial charge in [-0.1, -0.05) is 30.3 Å². The Kier molecular flexibility index (Phi) is 3.03. The first-order valence-corrected chi connectivity index (χ1v) is 6.59. The molecule has 2 N–H and O–H groups in total. The molecule has 0 unspecified atom stereocenters. The van der Waals surface area contributed by atoms with Crippen LogP contribution in [0.25, 0.3) is 0 Å². The van der Waals surface area contributed by atoms with Crippen LogP contribution in [-0.2, 0) is 25.7 Å². The number of nitrogens with zero attached hydrogens (tertiary/aromatic N) is 1. The second kappa shape index (κ2) is 4.84. The maximum absolute atomic E-state index is 11.5. The van der Waals surface area contributed by atoms with Crippen LogP contribution in [0, 0.1) is 0 Å². The molecule has 1 aromatic heterocycles. The summed E-state index contributed by atoms with van der Waals surface area (Å²) in [6, 6.07) is 12.7.